The number of aliphatic hydroxyl groups is 1. The molecule has 0 heterocycles. The van der Waals surface area contributed by atoms with Crippen molar-refractivity contribution >= 4 is 29.2 Å². The van der Waals surface area contributed by atoms with E-state index in [-0.39, 0.29) is 25.0 Å². The molecule has 0 aliphatic carbocycles. The van der Waals surface area contributed by atoms with E-state index in [0.29, 0.717) is 29.6 Å². The molecule has 2 aromatic carbocycles. The lowest BCUT2D eigenvalue weighted by atomic mass is 10.2. The van der Waals surface area contributed by atoms with Crippen molar-refractivity contribution < 1.29 is 14.3 Å². The Labute approximate surface area is 156 Å². The molecule has 0 spiro atoms. The highest BCUT2D eigenvalue weighted by Gasteiger charge is 2.14. The summed E-state index contributed by atoms with van der Waals surface area (Å²) in [4.78, 5) is 14.0. The Morgan fingerprint density at radius 2 is 1.76 bits per heavy atom. The van der Waals surface area contributed by atoms with Crippen molar-refractivity contribution in [1.82, 2.24) is 10.2 Å². The second-order valence-electron chi connectivity index (χ2n) is 5.53. The van der Waals surface area contributed by atoms with Gasteiger partial charge in [-0.25, -0.2) is 9.18 Å². The largest absolute Gasteiger partial charge is 0.396 e. The van der Waals surface area contributed by atoms with Crippen molar-refractivity contribution in [2.45, 2.75) is 19.5 Å². The van der Waals surface area contributed by atoms with Gasteiger partial charge in [0.15, 0.2) is 0 Å². The van der Waals surface area contributed by atoms with Crippen molar-refractivity contribution in [3.63, 3.8) is 0 Å². The van der Waals surface area contributed by atoms with E-state index in [4.69, 9.17) is 28.3 Å². The van der Waals surface area contributed by atoms with Gasteiger partial charge in [-0.05, 0) is 41.8 Å². The van der Waals surface area contributed by atoms with Crippen LogP contribution in [-0.4, -0.2) is 29.2 Å². The first-order valence-corrected chi connectivity index (χ1v) is 8.57. The topological polar surface area (TPSA) is 52.6 Å². The molecule has 0 saturated carbocycles. The summed E-state index contributed by atoms with van der Waals surface area (Å²) >= 11 is 11.9. The number of rotatable bonds is 7. The Kier molecular flexibility index (Phi) is 7.50. The van der Waals surface area contributed by atoms with Crippen LogP contribution in [0.5, 0.6) is 0 Å². The van der Waals surface area contributed by atoms with Crippen molar-refractivity contribution in [3.05, 3.63) is 69.5 Å². The Morgan fingerprint density at radius 3 is 2.40 bits per heavy atom. The molecule has 0 aliphatic rings. The van der Waals surface area contributed by atoms with Crippen LogP contribution in [0.2, 0.25) is 10.0 Å². The third-order valence-corrected chi connectivity index (χ3v) is 4.33. The first-order valence-electron chi connectivity index (χ1n) is 7.81. The van der Waals surface area contributed by atoms with Crippen LogP contribution >= 0.6 is 23.2 Å². The Morgan fingerprint density at radius 1 is 1.08 bits per heavy atom. The molecule has 0 bridgehead atoms. The first kappa shape index (κ1) is 19.5. The number of carbonyl (C=O) groups is 1. The number of benzene rings is 2. The minimum absolute atomic E-state index is 0.0108. The highest BCUT2D eigenvalue weighted by atomic mass is 35.5. The molecular formula is C18H19Cl2FN2O2. The van der Waals surface area contributed by atoms with Crippen LogP contribution in [0.25, 0.3) is 0 Å². The van der Waals surface area contributed by atoms with Crippen molar-refractivity contribution in [2.24, 2.45) is 0 Å². The SMILES string of the molecule is O=C(NCc1ccc(F)cc1)N(CCCO)Cc1ccc(Cl)c(Cl)c1. The smallest absolute Gasteiger partial charge is 0.317 e. The second kappa shape index (κ2) is 9.61. The minimum atomic E-state index is -0.320. The molecule has 25 heavy (non-hydrogen) atoms. The molecule has 0 atom stereocenters. The van der Waals surface area contributed by atoms with Gasteiger partial charge in [0.1, 0.15) is 5.82 Å². The Bertz CT molecular complexity index is 711. The highest BCUT2D eigenvalue weighted by molar-refractivity contribution is 6.42. The number of amides is 2. The number of nitrogens with one attached hydrogen (secondary N) is 1. The van der Waals surface area contributed by atoms with E-state index < -0.39 is 0 Å². The molecule has 2 N–H and O–H groups in total. The van der Waals surface area contributed by atoms with E-state index >= 15 is 0 Å². The standard InChI is InChI=1S/C18H19Cl2FN2O2/c19-16-7-4-14(10-17(16)20)12-23(8-1-9-24)18(25)22-11-13-2-5-15(21)6-3-13/h2-7,10,24H,1,8-9,11-12H2,(H,22,25). The average Bonchev–Trinajstić information content (AvgIpc) is 2.61. The molecule has 4 nitrogen and oxygen atoms in total. The van der Waals surface area contributed by atoms with Crippen molar-refractivity contribution in [2.75, 3.05) is 13.2 Å². The molecule has 134 valence electrons. The summed E-state index contributed by atoms with van der Waals surface area (Å²) in [6.45, 7) is 1.01. The fourth-order valence-electron chi connectivity index (χ4n) is 2.26. The lowest BCUT2D eigenvalue weighted by molar-refractivity contribution is 0.186. The zero-order chi connectivity index (χ0) is 18.2. The molecule has 0 aromatic heterocycles. The van der Waals surface area contributed by atoms with Crippen LogP contribution in [0.3, 0.4) is 0 Å². The summed E-state index contributed by atoms with van der Waals surface area (Å²) in [5.41, 5.74) is 1.63. The molecule has 0 unspecified atom stereocenters. The van der Waals surface area contributed by atoms with Gasteiger partial charge in [-0.2, -0.15) is 0 Å². The number of hydrogen-bond acceptors (Lipinski definition) is 2. The molecule has 2 amide bonds. The zero-order valence-electron chi connectivity index (χ0n) is 13.5. The summed E-state index contributed by atoms with van der Waals surface area (Å²) in [6.07, 6.45) is 0.464. The van der Waals surface area contributed by atoms with E-state index in [1.54, 1.807) is 35.2 Å². The van der Waals surface area contributed by atoms with Crippen LogP contribution < -0.4 is 5.32 Å². The van der Waals surface area contributed by atoms with E-state index in [0.717, 1.165) is 11.1 Å². The number of nitrogens with zero attached hydrogens (tertiary/aromatic N) is 1. The van der Waals surface area contributed by atoms with Crippen LogP contribution in [0.15, 0.2) is 42.5 Å². The summed E-state index contributed by atoms with van der Waals surface area (Å²) in [7, 11) is 0. The third kappa shape index (κ3) is 6.20. The van der Waals surface area contributed by atoms with Gasteiger partial charge in [-0.15, -0.1) is 0 Å². The fraction of sp³-hybridized carbons (Fsp3) is 0.278. The monoisotopic (exact) mass is 384 g/mol. The van der Waals surface area contributed by atoms with Gasteiger partial charge in [0, 0.05) is 26.2 Å². The van der Waals surface area contributed by atoms with Gasteiger partial charge in [-0.1, -0.05) is 41.4 Å². The minimum Gasteiger partial charge on any atom is -0.396 e. The summed E-state index contributed by atoms with van der Waals surface area (Å²) in [6, 6.07) is 10.8. The molecular weight excluding hydrogens is 366 g/mol. The lowest BCUT2D eigenvalue weighted by Gasteiger charge is -2.23. The Balaban J connectivity index is 2.00. The molecule has 2 aromatic rings. The number of urea groups is 1. The summed E-state index contributed by atoms with van der Waals surface area (Å²) in [5.74, 6) is -0.320. The van der Waals surface area contributed by atoms with E-state index in [9.17, 15) is 9.18 Å². The molecule has 0 aliphatic heterocycles. The number of hydrogen-bond donors (Lipinski definition) is 2. The van der Waals surface area contributed by atoms with Gasteiger partial charge >= 0.3 is 6.03 Å². The zero-order valence-corrected chi connectivity index (χ0v) is 15.0. The quantitative estimate of drug-likeness (QED) is 0.750. The first-order chi connectivity index (χ1) is 12.0. The van der Waals surface area contributed by atoms with Gasteiger partial charge in [0.05, 0.1) is 10.0 Å². The molecule has 7 heteroatoms. The number of halogens is 3. The molecule has 0 saturated heterocycles. The lowest BCUT2D eigenvalue weighted by Crippen LogP contribution is -2.40. The van der Waals surface area contributed by atoms with Crippen LogP contribution in [0, 0.1) is 5.82 Å². The third-order valence-electron chi connectivity index (χ3n) is 3.59. The normalized spacial score (nSPS) is 10.6. The Hall–Kier alpha value is -1.82. The van der Waals surface area contributed by atoms with Crippen molar-refractivity contribution in [3.8, 4) is 0 Å². The van der Waals surface area contributed by atoms with Crippen LogP contribution in [0.4, 0.5) is 9.18 Å². The maximum Gasteiger partial charge on any atom is 0.317 e. The molecule has 0 radical (unpaired) electrons. The fourth-order valence-corrected chi connectivity index (χ4v) is 2.58. The van der Waals surface area contributed by atoms with E-state index in [1.165, 1.54) is 12.1 Å². The number of aliphatic hydroxyl groups excluding tert-OH is 1. The summed E-state index contributed by atoms with van der Waals surface area (Å²) in [5, 5.41) is 12.7. The predicted molar refractivity (Wildman–Crippen MR) is 97.2 cm³/mol. The average molecular weight is 385 g/mol. The molecule has 0 fully saturated rings. The van der Waals surface area contributed by atoms with E-state index in [2.05, 4.69) is 5.32 Å². The highest BCUT2D eigenvalue weighted by Crippen LogP contribution is 2.23. The van der Waals surface area contributed by atoms with Crippen LogP contribution in [-0.2, 0) is 13.1 Å². The van der Waals surface area contributed by atoms with Crippen molar-refractivity contribution in [1.29, 1.82) is 0 Å². The van der Waals surface area contributed by atoms with Gasteiger partial charge in [0.25, 0.3) is 0 Å². The van der Waals surface area contributed by atoms with Gasteiger partial charge < -0.3 is 15.3 Å². The van der Waals surface area contributed by atoms with E-state index in [1.807, 2.05) is 0 Å². The van der Waals surface area contributed by atoms with Crippen LogP contribution in [0.1, 0.15) is 17.5 Å². The van der Waals surface area contributed by atoms with Gasteiger partial charge in [-0.3, -0.25) is 0 Å². The second-order valence-corrected chi connectivity index (χ2v) is 6.35. The maximum absolute atomic E-state index is 12.9. The molecule has 2 rings (SSSR count). The predicted octanol–water partition coefficient (Wildman–Crippen LogP) is 4.23. The summed E-state index contributed by atoms with van der Waals surface area (Å²) < 4.78 is 12.9. The maximum atomic E-state index is 12.9. The van der Waals surface area contributed by atoms with Gasteiger partial charge in [0.2, 0.25) is 0 Å². The number of carbonyl (C=O) groups excluding carboxylic acids is 1.